The molecule has 0 bridgehead atoms. The lowest BCUT2D eigenvalue weighted by atomic mass is 10.2. The number of carbonyl (C=O) groups is 1. The average Bonchev–Trinajstić information content (AvgIpc) is 3.28. The number of hydrogen-bond donors (Lipinski definition) is 1. The SMILES string of the molecule is CCOc1ccc(C(=O)NCCOc2ccc(-c3ccco3)nn2)cc1OCC. The van der Waals surface area contributed by atoms with Gasteiger partial charge in [0.1, 0.15) is 12.3 Å². The van der Waals surface area contributed by atoms with Gasteiger partial charge in [-0.3, -0.25) is 4.79 Å². The van der Waals surface area contributed by atoms with Crippen molar-refractivity contribution in [3.05, 3.63) is 54.3 Å². The van der Waals surface area contributed by atoms with Gasteiger partial charge >= 0.3 is 0 Å². The molecular weight excluding hydrogens is 374 g/mol. The molecule has 1 aromatic carbocycles. The first-order chi connectivity index (χ1) is 14.2. The van der Waals surface area contributed by atoms with Crippen LogP contribution < -0.4 is 19.5 Å². The molecule has 1 amide bonds. The number of aromatic nitrogens is 2. The molecule has 0 atom stereocenters. The number of hydrogen-bond acceptors (Lipinski definition) is 7. The van der Waals surface area contributed by atoms with E-state index in [1.807, 2.05) is 13.8 Å². The van der Waals surface area contributed by atoms with Crippen LogP contribution in [0, 0.1) is 0 Å². The van der Waals surface area contributed by atoms with Gasteiger partial charge in [-0.2, -0.15) is 0 Å². The lowest BCUT2D eigenvalue weighted by molar-refractivity contribution is 0.0946. The lowest BCUT2D eigenvalue weighted by Crippen LogP contribution is -2.28. The van der Waals surface area contributed by atoms with Crippen LogP contribution in [0.25, 0.3) is 11.5 Å². The van der Waals surface area contributed by atoms with Gasteiger partial charge in [0.25, 0.3) is 5.91 Å². The maximum absolute atomic E-state index is 12.4. The van der Waals surface area contributed by atoms with Crippen molar-refractivity contribution in [2.45, 2.75) is 13.8 Å². The molecular formula is C21H23N3O5. The Morgan fingerprint density at radius 2 is 1.83 bits per heavy atom. The quantitative estimate of drug-likeness (QED) is 0.524. The predicted octanol–water partition coefficient (Wildman–Crippen LogP) is 3.34. The van der Waals surface area contributed by atoms with Gasteiger partial charge in [-0.15, -0.1) is 10.2 Å². The zero-order valence-corrected chi connectivity index (χ0v) is 16.4. The van der Waals surface area contributed by atoms with E-state index in [1.165, 1.54) is 0 Å². The Morgan fingerprint density at radius 1 is 1.00 bits per heavy atom. The summed E-state index contributed by atoms with van der Waals surface area (Å²) in [5, 5.41) is 10.8. The molecule has 1 N–H and O–H groups in total. The highest BCUT2D eigenvalue weighted by Crippen LogP contribution is 2.28. The topological polar surface area (TPSA) is 95.7 Å². The van der Waals surface area contributed by atoms with E-state index < -0.39 is 0 Å². The lowest BCUT2D eigenvalue weighted by Gasteiger charge is -2.12. The molecule has 0 unspecified atom stereocenters. The molecule has 152 valence electrons. The van der Waals surface area contributed by atoms with Crippen LogP contribution in [0.15, 0.2) is 53.1 Å². The smallest absolute Gasteiger partial charge is 0.251 e. The summed E-state index contributed by atoms with van der Waals surface area (Å²) in [6.45, 7) is 5.36. The molecule has 0 fully saturated rings. The first-order valence-corrected chi connectivity index (χ1v) is 9.39. The molecule has 8 nitrogen and oxygen atoms in total. The van der Waals surface area contributed by atoms with Crippen molar-refractivity contribution in [2.75, 3.05) is 26.4 Å². The molecule has 0 spiro atoms. The molecule has 2 aromatic heterocycles. The number of nitrogens with one attached hydrogen (secondary N) is 1. The summed E-state index contributed by atoms with van der Waals surface area (Å²) in [6.07, 6.45) is 1.58. The van der Waals surface area contributed by atoms with E-state index in [-0.39, 0.29) is 12.5 Å². The maximum atomic E-state index is 12.4. The number of benzene rings is 1. The summed E-state index contributed by atoms with van der Waals surface area (Å²) in [5.74, 6) is 1.94. The Bertz CT molecular complexity index is 911. The van der Waals surface area contributed by atoms with Crippen LogP contribution in [-0.2, 0) is 0 Å². The van der Waals surface area contributed by atoms with Crippen LogP contribution >= 0.6 is 0 Å². The second-order valence-corrected chi connectivity index (χ2v) is 5.87. The highest BCUT2D eigenvalue weighted by atomic mass is 16.5. The normalized spacial score (nSPS) is 10.4. The van der Waals surface area contributed by atoms with E-state index in [1.54, 1.807) is 48.7 Å². The van der Waals surface area contributed by atoms with E-state index in [4.69, 9.17) is 18.6 Å². The molecule has 0 aliphatic heterocycles. The van der Waals surface area contributed by atoms with Crippen molar-refractivity contribution >= 4 is 5.91 Å². The van der Waals surface area contributed by atoms with Crippen LogP contribution in [-0.4, -0.2) is 42.5 Å². The van der Waals surface area contributed by atoms with Gasteiger partial charge in [0.15, 0.2) is 17.3 Å². The van der Waals surface area contributed by atoms with E-state index in [0.29, 0.717) is 54.2 Å². The third kappa shape index (κ3) is 5.47. The molecule has 0 radical (unpaired) electrons. The summed E-state index contributed by atoms with van der Waals surface area (Å²) in [7, 11) is 0. The minimum atomic E-state index is -0.225. The summed E-state index contributed by atoms with van der Waals surface area (Å²) in [6, 6.07) is 12.1. The van der Waals surface area contributed by atoms with Crippen LogP contribution in [0.2, 0.25) is 0 Å². The first kappa shape index (κ1) is 20.2. The van der Waals surface area contributed by atoms with Gasteiger partial charge < -0.3 is 23.9 Å². The zero-order chi connectivity index (χ0) is 20.5. The van der Waals surface area contributed by atoms with Gasteiger partial charge in [-0.05, 0) is 50.2 Å². The molecule has 3 aromatic rings. The Hall–Kier alpha value is -3.55. The third-order valence-corrected chi connectivity index (χ3v) is 3.86. The zero-order valence-electron chi connectivity index (χ0n) is 16.4. The fraction of sp³-hybridized carbons (Fsp3) is 0.286. The summed E-state index contributed by atoms with van der Waals surface area (Å²) in [5.41, 5.74) is 1.11. The Kier molecular flexibility index (Phi) is 7.05. The predicted molar refractivity (Wildman–Crippen MR) is 106 cm³/mol. The first-order valence-electron chi connectivity index (χ1n) is 9.39. The van der Waals surface area contributed by atoms with Crippen LogP contribution in [0.1, 0.15) is 24.2 Å². The van der Waals surface area contributed by atoms with Gasteiger partial charge in [-0.1, -0.05) is 0 Å². The number of nitrogens with zero attached hydrogens (tertiary/aromatic N) is 2. The second-order valence-electron chi connectivity index (χ2n) is 5.87. The maximum Gasteiger partial charge on any atom is 0.251 e. The fourth-order valence-corrected chi connectivity index (χ4v) is 2.57. The van der Waals surface area contributed by atoms with E-state index in [9.17, 15) is 4.79 Å². The summed E-state index contributed by atoms with van der Waals surface area (Å²) < 4.78 is 21.8. The van der Waals surface area contributed by atoms with E-state index in [0.717, 1.165) is 0 Å². The molecule has 0 saturated carbocycles. The summed E-state index contributed by atoms with van der Waals surface area (Å²) >= 11 is 0. The third-order valence-electron chi connectivity index (χ3n) is 3.86. The summed E-state index contributed by atoms with van der Waals surface area (Å²) in [4.78, 5) is 12.4. The Morgan fingerprint density at radius 3 is 2.52 bits per heavy atom. The molecule has 0 aliphatic carbocycles. The molecule has 29 heavy (non-hydrogen) atoms. The number of carbonyl (C=O) groups excluding carboxylic acids is 1. The van der Waals surface area contributed by atoms with Crippen LogP contribution in [0.4, 0.5) is 0 Å². The molecule has 8 heteroatoms. The van der Waals surface area contributed by atoms with Crippen molar-refractivity contribution in [1.29, 1.82) is 0 Å². The number of amides is 1. The average molecular weight is 397 g/mol. The van der Waals surface area contributed by atoms with Gasteiger partial charge in [0, 0.05) is 11.6 Å². The number of ether oxygens (including phenoxy) is 3. The number of furan rings is 1. The molecule has 2 heterocycles. The molecule has 0 saturated heterocycles. The van der Waals surface area contributed by atoms with Crippen molar-refractivity contribution in [1.82, 2.24) is 15.5 Å². The Labute approximate surface area is 168 Å². The monoisotopic (exact) mass is 397 g/mol. The minimum absolute atomic E-state index is 0.225. The van der Waals surface area contributed by atoms with Crippen molar-refractivity contribution in [3.63, 3.8) is 0 Å². The Balaban J connectivity index is 1.49. The van der Waals surface area contributed by atoms with E-state index >= 15 is 0 Å². The van der Waals surface area contributed by atoms with Crippen molar-refractivity contribution in [3.8, 4) is 28.8 Å². The fourth-order valence-electron chi connectivity index (χ4n) is 2.57. The highest BCUT2D eigenvalue weighted by molar-refractivity contribution is 5.94. The second kappa shape index (κ2) is 10.1. The largest absolute Gasteiger partial charge is 0.490 e. The van der Waals surface area contributed by atoms with Crippen molar-refractivity contribution in [2.24, 2.45) is 0 Å². The van der Waals surface area contributed by atoms with Gasteiger partial charge in [0.2, 0.25) is 5.88 Å². The van der Waals surface area contributed by atoms with Gasteiger partial charge in [-0.25, -0.2) is 0 Å². The van der Waals surface area contributed by atoms with Crippen molar-refractivity contribution < 1.29 is 23.4 Å². The van der Waals surface area contributed by atoms with Crippen LogP contribution in [0.3, 0.4) is 0 Å². The minimum Gasteiger partial charge on any atom is -0.490 e. The molecule has 3 rings (SSSR count). The van der Waals surface area contributed by atoms with Crippen LogP contribution in [0.5, 0.6) is 17.4 Å². The standard InChI is InChI=1S/C21H23N3O5/c1-3-26-18-9-7-15(14-19(18)27-4-2)21(25)22-11-13-29-20-10-8-16(23-24-20)17-6-5-12-28-17/h5-10,12,14H,3-4,11,13H2,1-2H3,(H,22,25). The number of rotatable bonds is 10. The molecule has 0 aliphatic rings. The van der Waals surface area contributed by atoms with E-state index in [2.05, 4.69) is 15.5 Å². The highest BCUT2D eigenvalue weighted by Gasteiger charge is 2.11. The van der Waals surface area contributed by atoms with Gasteiger partial charge in [0.05, 0.1) is 26.0 Å².